The van der Waals surface area contributed by atoms with Crippen LogP contribution in [-0.2, 0) is 31.0 Å². The molecule has 0 bridgehead atoms. The van der Waals surface area contributed by atoms with Crippen LogP contribution < -0.4 is 33.9 Å². The zero-order valence-corrected chi connectivity index (χ0v) is 25.2. The summed E-state index contributed by atoms with van der Waals surface area (Å²) >= 11 is 6.73. The number of carbonyl (C=O) groups excluding carboxylic acids is 1. The second kappa shape index (κ2) is 11.6. The lowest BCUT2D eigenvalue weighted by Crippen LogP contribution is -2.36. The second-order valence-corrected chi connectivity index (χ2v) is 13.5. The number of anilines is 1. The number of ether oxygens (including phenoxy) is 3. The largest absolute Gasteiger partial charge is 0.480 e. The topological polar surface area (TPSA) is 202 Å². The highest BCUT2D eigenvalue weighted by Crippen LogP contribution is 2.48. The van der Waals surface area contributed by atoms with Gasteiger partial charge in [0, 0.05) is 24.3 Å². The van der Waals surface area contributed by atoms with Gasteiger partial charge in [0.1, 0.15) is 27.0 Å². The number of allylic oxidation sites excluding steroid dienone is 1. The molecule has 1 fully saturated rings. The predicted molar refractivity (Wildman–Crippen MR) is 157 cm³/mol. The van der Waals surface area contributed by atoms with E-state index in [4.69, 9.17) is 31.5 Å². The molecular formula is C24H21N3O12S4. The number of carbonyl (C=O) groups is 3. The van der Waals surface area contributed by atoms with Gasteiger partial charge in [0.15, 0.2) is 17.2 Å². The van der Waals surface area contributed by atoms with Gasteiger partial charge >= 0.3 is 11.9 Å². The summed E-state index contributed by atoms with van der Waals surface area (Å²) in [6.07, 6.45) is 1.45. The number of carboxylic acids is 2. The molecule has 0 saturated carbocycles. The predicted octanol–water partition coefficient (Wildman–Crippen LogP) is -0.0349. The number of thioether (sulfide) groups is 1. The van der Waals surface area contributed by atoms with Crippen LogP contribution >= 0.6 is 35.3 Å². The smallest absolute Gasteiger partial charge is 0.323 e. The molecule has 19 heteroatoms. The number of rotatable bonds is 9. The first-order valence-electron chi connectivity index (χ1n) is 12.2. The van der Waals surface area contributed by atoms with Crippen LogP contribution in [0.1, 0.15) is 13.3 Å². The van der Waals surface area contributed by atoms with Crippen LogP contribution in [0.4, 0.5) is 5.69 Å². The van der Waals surface area contributed by atoms with E-state index >= 15 is 0 Å². The molecule has 0 unspecified atom stereocenters. The van der Waals surface area contributed by atoms with Gasteiger partial charge in [-0.2, -0.15) is 8.42 Å². The first kappa shape index (κ1) is 30.5. The fourth-order valence-corrected chi connectivity index (χ4v) is 7.47. The minimum Gasteiger partial charge on any atom is -0.480 e. The van der Waals surface area contributed by atoms with E-state index in [2.05, 4.69) is 0 Å². The van der Waals surface area contributed by atoms with Gasteiger partial charge in [-0.3, -0.25) is 33.2 Å². The zero-order chi connectivity index (χ0) is 31.2. The number of benzene rings is 1. The number of carboxylic acid groups (broad SMARTS) is 2. The Balaban J connectivity index is 1.62. The normalized spacial score (nSPS) is 18.8. The van der Waals surface area contributed by atoms with Crippen LogP contribution in [0.3, 0.4) is 0 Å². The highest BCUT2D eigenvalue weighted by atomic mass is 32.2. The summed E-state index contributed by atoms with van der Waals surface area (Å²) in [6, 6.07) is 3.25. The van der Waals surface area contributed by atoms with Crippen LogP contribution in [0.25, 0.3) is 11.0 Å². The molecule has 0 aliphatic carbocycles. The van der Waals surface area contributed by atoms with Crippen LogP contribution in [0.2, 0.25) is 0 Å². The Labute approximate surface area is 255 Å². The van der Waals surface area contributed by atoms with E-state index in [0.29, 0.717) is 28.5 Å². The molecule has 1 saturated heterocycles. The molecular weight excluding hydrogens is 651 g/mol. The molecule has 228 valence electrons. The van der Waals surface area contributed by atoms with Crippen molar-refractivity contribution < 1.29 is 51.8 Å². The third-order valence-corrected chi connectivity index (χ3v) is 9.71. The van der Waals surface area contributed by atoms with Gasteiger partial charge in [0.25, 0.3) is 21.6 Å². The van der Waals surface area contributed by atoms with Crippen molar-refractivity contribution in [1.82, 2.24) is 9.47 Å². The molecule has 3 N–H and O–H groups in total. The fourth-order valence-electron chi connectivity index (χ4n) is 4.42. The molecule has 1 amide bonds. The maximum absolute atomic E-state index is 13.4. The molecule has 15 nitrogen and oxygen atoms in total. The Morgan fingerprint density at radius 3 is 2.40 bits per heavy atom. The van der Waals surface area contributed by atoms with E-state index in [1.54, 1.807) is 24.0 Å². The summed E-state index contributed by atoms with van der Waals surface area (Å²) in [4.78, 5) is 51.6. The highest BCUT2D eigenvalue weighted by Gasteiger charge is 2.36. The number of amides is 1. The SMILES string of the molecule is CC(C=c1sc(=C2SC(=S)N(CC(=O)O)C2=O)n(CC(=O)O)c1=O)=C1Oc2cc3c(cc2N1CCCS(=O)(=O)O)OCO3. The summed E-state index contributed by atoms with van der Waals surface area (Å²) in [5.41, 5.74) is 0.184. The Hall–Kier alpha value is -3.91. The number of fused-ring (bicyclic) bond motifs is 2. The standard InChI is InChI=1S/C24H21N3O12S4/c1-11(22-25(3-2-4-43(34,35)36)12-6-14-15(38-10-37-14)7-13(12)39-22)5-16-20(32)26(8-17(28)29)23(41-16)19-21(33)27(9-18(30)31)24(40)42-19/h5-7H,2-4,8-10H2,1H3,(H,28,29)(H,30,31)(H,34,35,36). The van der Waals surface area contributed by atoms with Gasteiger partial charge in [0.2, 0.25) is 12.7 Å². The zero-order valence-electron chi connectivity index (χ0n) is 22.0. The van der Waals surface area contributed by atoms with E-state index in [0.717, 1.165) is 32.6 Å². The van der Waals surface area contributed by atoms with Crippen molar-refractivity contribution in [2.45, 2.75) is 19.9 Å². The highest BCUT2D eigenvalue weighted by molar-refractivity contribution is 8.30. The van der Waals surface area contributed by atoms with E-state index < -0.39 is 52.4 Å². The molecule has 0 radical (unpaired) electrons. The van der Waals surface area contributed by atoms with Crippen LogP contribution in [-0.4, -0.2) is 80.5 Å². The molecule has 0 atom stereocenters. The molecule has 3 aliphatic rings. The van der Waals surface area contributed by atoms with Crippen molar-refractivity contribution in [2.75, 3.05) is 30.5 Å². The van der Waals surface area contributed by atoms with E-state index in [1.165, 1.54) is 6.08 Å². The quantitative estimate of drug-likeness (QED) is 0.237. The van der Waals surface area contributed by atoms with Gasteiger partial charge in [-0.15, -0.1) is 11.3 Å². The van der Waals surface area contributed by atoms with Crippen LogP contribution in [0.15, 0.2) is 28.4 Å². The van der Waals surface area contributed by atoms with Crippen LogP contribution in [0.5, 0.6) is 17.2 Å². The van der Waals surface area contributed by atoms with Crippen molar-refractivity contribution >= 4 is 84.3 Å². The van der Waals surface area contributed by atoms with Crippen LogP contribution in [0, 0.1) is 0 Å². The Morgan fingerprint density at radius 2 is 1.74 bits per heavy atom. The molecule has 5 rings (SSSR count). The lowest BCUT2D eigenvalue weighted by atomic mass is 10.2. The van der Waals surface area contributed by atoms with Gasteiger partial charge in [-0.25, -0.2) is 0 Å². The molecule has 2 aromatic rings. The lowest BCUT2D eigenvalue weighted by Gasteiger charge is -2.19. The molecule has 1 aromatic heterocycles. The first-order valence-corrected chi connectivity index (χ1v) is 15.9. The monoisotopic (exact) mass is 671 g/mol. The average molecular weight is 672 g/mol. The molecule has 1 aromatic carbocycles. The molecule has 0 spiro atoms. The van der Waals surface area contributed by atoms with E-state index in [9.17, 15) is 37.3 Å². The lowest BCUT2D eigenvalue weighted by molar-refractivity contribution is -0.140. The number of nitrogens with zero attached hydrogens (tertiary/aromatic N) is 3. The number of hydrogen-bond donors (Lipinski definition) is 3. The second-order valence-electron chi connectivity index (χ2n) is 9.24. The number of thiazole rings is 1. The third-order valence-electron chi connectivity index (χ3n) is 6.20. The van der Waals surface area contributed by atoms with Gasteiger partial charge < -0.3 is 29.3 Å². The third kappa shape index (κ3) is 6.25. The maximum Gasteiger partial charge on any atom is 0.323 e. The van der Waals surface area contributed by atoms with Crippen molar-refractivity contribution in [3.8, 4) is 17.2 Å². The maximum atomic E-state index is 13.4. The minimum absolute atomic E-state index is 0.00644. The summed E-state index contributed by atoms with van der Waals surface area (Å²) in [7, 11) is -4.24. The summed E-state index contributed by atoms with van der Waals surface area (Å²) < 4.78 is 49.7. The van der Waals surface area contributed by atoms with Crippen molar-refractivity contribution in [3.63, 3.8) is 0 Å². The number of thiocarbonyl (C=S) groups is 1. The molecule has 4 heterocycles. The van der Waals surface area contributed by atoms with Gasteiger partial charge in [0.05, 0.1) is 16.0 Å². The van der Waals surface area contributed by atoms with Gasteiger partial charge in [-0.1, -0.05) is 24.0 Å². The number of aliphatic carboxylic acids is 2. The van der Waals surface area contributed by atoms with Crippen molar-refractivity contribution in [1.29, 1.82) is 0 Å². The van der Waals surface area contributed by atoms with Gasteiger partial charge in [-0.05, 0) is 19.4 Å². The first-order chi connectivity index (χ1) is 20.2. The Bertz CT molecular complexity index is 1910. The van der Waals surface area contributed by atoms with E-state index in [1.807, 2.05) is 0 Å². The molecule has 43 heavy (non-hydrogen) atoms. The summed E-state index contributed by atoms with van der Waals surface area (Å²) in [5, 5.41) is 18.6. The van der Waals surface area contributed by atoms with Crippen molar-refractivity contribution in [3.05, 3.63) is 43.1 Å². The fraction of sp³-hybridized carbons (Fsp3) is 0.292. The van der Waals surface area contributed by atoms with Crippen molar-refractivity contribution in [2.24, 2.45) is 0 Å². The average Bonchev–Trinajstić information content (AvgIpc) is 3.65. The summed E-state index contributed by atoms with van der Waals surface area (Å²) in [6.45, 7) is 0.249. The Morgan fingerprint density at radius 1 is 1.07 bits per heavy atom. The molecule has 3 aliphatic heterocycles. The number of hydrogen-bond acceptors (Lipinski definition) is 13. The minimum atomic E-state index is -4.24. The summed E-state index contributed by atoms with van der Waals surface area (Å²) in [5.74, 6) is -2.47. The Kier molecular flexibility index (Phi) is 8.27. The number of aromatic nitrogens is 1. The van der Waals surface area contributed by atoms with E-state index in [-0.39, 0.29) is 44.1 Å².